The molecule has 0 aromatic heterocycles. The molecule has 0 saturated heterocycles. The van der Waals surface area contributed by atoms with Crippen molar-refractivity contribution in [1.82, 2.24) is 0 Å². The highest BCUT2D eigenvalue weighted by Crippen LogP contribution is 2.51. The number of anilines is 1. The fourth-order valence-corrected chi connectivity index (χ4v) is 10.5. The van der Waals surface area contributed by atoms with Crippen molar-refractivity contribution in [2.24, 2.45) is 0 Å². The Kier molecular flexibility index (Phi) is 8.68. The van der Waals surface area contributed by atoms with Crippen molar-refractivity contribution >= 4 is 60.4 Å². The molecule has 0 fully saturated rings. The van der Waals surface area contributed by atoms with E-state index in [1.807, 2.05) is 13.0 Å². The average Bonchev–Trinajstić information content (AvgIpc) is 3.46. The monoisotopic (exact) mass is 753 g/mol. The molecule has 1 unspecified atom stereocenters. The summed E-state index contributed by atoms with van der Waals surface area (Å²) in [5.74, 6) is -0.232. The van der Waals surface area contributed by atoms with Crippen LogP contribution in [0.2, 0.25) is 0 Å². The Balaban J connectivity index is 1.25. The minimum atomic E-state index is -4.46. The van der Waals surface area contributed by atoms with E-state index in [9.17, 15) is 13.0 Å². The van der Waals surface area contributed by atoms with Crippen LogP contribution >= 0.6 is 11.6 Å². The first-order valence-corrected chi connectivity index (χ1v) is 20.4. The van der Waals surface area contributed by atoms with Gasteiger partial charge in [0.15, 0.2) is 5.71 Å². The quantitative estimate of drug-likeness (QED) is 0.143. The first-order chi connectivity index (χ1) is 25.6. The lowest BCUT2D eigenvalue weighted by Crippen LogP contribution is -2.27. The number of allylic oxidation sites excluding steroid dienone is 8. The summed E-state index contributed by atoms with van der Waals surface area (Å²) in [7, 11) is -0.224. The summed E-state index contributed by atoms with van der Waals surface area (Å²) in [5.41, 5.74) is 10.1. The van der Waals surface area contributed by atoms with Crippen molar-refractivity contribution in [2.45, 2.75) is 69.1 Å². The summed E-state index contributed by atoms with van der Waals surface area (Å²) in [6.07, 6.45) is 9.64. The average molecular weight is 754 g/mol. The molecule has 274 valence electrons. The van der Waals surface area contributed by atoms with Gasteiger partial charge in [0.25, 0.3) is 10.1 Å². The Morgan fingerprint density at radius 1 is 0.815 bits per heavy atom. The van der Waals surface area contributed by atoms with Crippen LogP contribution in [0, 0.1) is 6.92 Å². The molecule has 5 aromatic rings. The third kappa shape index (κ3) is 5.78. The molecule has 1 atom stereocenters. The molecule has 3 aliphatic rings. The zero-order valence-corrected chi connectivity index (χ0v) is 33.5. The van der Waals surface area contributed by atoms with Crippen LogP contribution in [0.15, 0.2) is 142 Å². The first kappa shape index (κ1) is 36.2. The maximum Gasteiger partial charge on any atom is 0.294 e. The largest absolute Gasteiger partial charge is 0.347 e. The van der Waals surface area contributed by atoms with Crippen LogP contribution in [0.4, 0.5) is 11.4 Å². The normalized spacial score (nSPS) is 21.0. The van der Waals surface area contributed by atoms with Crippen LogP contribution in [0.25, 0.3) is 21.5 Å². The molecule has 0 spiro atoms. The number of aryl methyl sites for hydroxylation is 1. The van der Waals surface area contributed by atoms with Crippen LogP contribution < -0.4 is 4.90 Å². The highest BCUT2D eigenvalue weighted by Gasteiger charge is 2.44. The van der Waals surface area contributed by atoms with Crippen molar-refractivity contribution in [3.8, 4) is 0 Å². The second-order valence-electron chi connectivity index (χ2n) is 16.2. The van der Waals surface area contributed by atoms with E-state index in [1.165, 1.54) is 50.1 Å². The summed E-state index contributed by atoms with van der Waals surface area (Å²) in [5, 5.41) is 5.59. The van der Waals surface area contributed by atoms with E-state index < -0.39 is 10.1 Å². The molecule has 1 N–H and O–H groups in total. The molecule has 0 saturated carbocycles. The highest BCUT2D eigenvalue weighted by molar-refractivity contribution is 7.85. The maximum atomic E-state index is 12.7. The van der Waals surface area contributed by atoms with Gasteiger partial charge in [-0.3, -0.25) is 4.55 Å². The Labute approximate surface area is 324 Å². The molecule has 2 aliphatic heterocycles. The van der Waals surface area contributed by atoms with Gasteiger partial charge in [0, 0.05) is 46.6 Å². The summed E-state index contributed by atoms with van der Waals surface area (Å²) in [6.45, 7) is 11.0. The van der Waals surface area contributed by atoms with Crippen LogP contribution in [0.3, 0.4) is 0 Å². The van der Waals surface area contributed by atoms with E-state index in [2.05, 4.69) is 148 Å². The number of rotatable bonds is 5. The lowest BCUT2D eigenvalue weighted by molar-refractivity contribution is -0.401. The molecule has 54 heavy (non-hydrogen) atoms. The Bertz CT molecular complexity index is 2690. The Morgan fingerprint density at radius 3 is 2.15 bits per heavy atom. The van der Waals surface area contributed by atoms with Gasteiger partial charge in [-0.25, -0.2) is 0 Å². The summed E-state index contributed by atoms with van der Waals surface area (Å²) < 4.78 is 38.0. The van der Waals surface area contributed by atoms with Crippen LogP contribution in [-0.4, -0.2) is 37.4 Å². The van der Waals surface area contributed by atoms with E-state index in [0.717, 1.165) is 28.1 Å². The zero-order chi connectivity index (χ0) is 38.3. The number of halogens is 1. The van der Waals surface area contributed by atoms with E-state index in [-0.39, 0.29) is 21.6 Å². The maximum absolute atomic E-state index is 12.7. The zero-order valence-electron chi connectivity index (χ0n) is 31.9. The first-order valence-electron chi connectivity index (χ1n) is 18.5. The third-order valence-corrected chi connectivity index (χ3v) is 13.5. The summed E-state index contributed by atoms with van der Waals surface area (Å²) in [4.78, 5) is 2.22. The number of hydrogen-bond donors (Lipinski definition) is 1. The molecule has 0 radical (unpaired) electrons. The van der Waals surface area contributed by atoms with Crippen LogP contribution in [0.5, 0.6) is 0 Å². The highest BCUT2D eigenvalue weighted by atomic mass is 35.5. The number of hydrogen-bond acceptors (Lipinski definition) is 3. The molecule has 0 amide bonds. The molecule has 8 rings (SSSR count). The van der Waals surface area contributed by atoms with Gasteiger partial charge < -0.3 is 4.90 Å². The minimum Gasteiger partial charge on any atom is -0.347 e. The van der Waals surface area contributed by atoms with Crippen molar-refractivity contribution in [1.29, 1.82) is 0 Å². The third-order valence-electron chi connectivity index (χ3n) is 12.1. The van der Waals surface area contributed by atoms with Gasteiger partial charge in [-0.2, -0.15) is 13.0 Å². The molecule has 1 aliphatic carbocycles. The van der Waals surface area contributed by atoms with E-state index in [1.54, 1.807) is 6.07 Å². The molecule has 0 bridgehead atoms. The van der Waals surface area contributed by atoms with Crippen LogP contribution in [-0.2, 0) is 20.9 Å². The van der Waals surface area contributed by atoms with Gasteiger partial charge in [-0.15, -0.1) is 0 Å². The summed E-state index contributed by atoms with van der Waals surface area (Å²) >= 11 is 7.41. The van der Waals surface area contributed by atoms with Gasteiger partial charge in [0.1, 0.15) is 7.05 Å². The standard InChI is InChI=1S/C47H45ClN2O3S/c1-29-16-23-40(54(51,52)53)37(26-29)34-27-32(19-24-41-46(2,3)43-35-14-10-8-12-30(35)17-21-38(43)49(41)6)45(48)33(28-34)20-25-42-47(4,5)44-36-15-11-9-13-31(36)18-22-39(44)50(42)7/h8-26,34H,27-28H2,1-7H3/p+1. The fraction of sp³-hybridized carbons (Fsp3) is 0.255. The Morgan fingerprint density at radius 2 is 1.46 bits per heavy atom. The van der Waals surface area contributed by atoms with E-state index >= 15 is 0 Å². The SMILES string of the molecule is Cc1ccc(S(=O)(=O)O)c(C2CC(/C=C/C3=[N+](C)c4ccc5ccccc5c4C3(C)C)=C(Cl)C(=C/C=C3/N(C)c4ccc5ccccc5c4C3(C)C)/C2)c1. The van der Waals surface area contributed by atoms with E-state index in [0.29, 0.717) is 23.4 Å². The van der Waals surface area contributed by atoms with E-state index in [4.69, 9.17) is 11.6 Å². The van der Waals surface area contributed by atoms with Crippen molar-refractivity contribution in [2.75, 3.05) is 19.0 Å². The van der Waals surface area contributed by atoms with Gasteiger partial charge in [-0.1, -0.05) is 110 Å². The second kappa shape index (κ2) is 12.9. The van der Waals surface area contributed by atoms with Gasteiger partial charge >= 0.3 is 0 Å². The van der Waals surface area contributed by atoms with Gasteiger partial charge in [0.2, 0.25) is 5.69 Å². The van der Waals surface area contributed by atoms with Gasteiger partial charge in [-0.05, 0) is 108 Å². The lowest BCUT2D eigenvalue weighted by atomic mass is 9.77. The predicted octanol–water partition coefficient (Wildman–Crippen LogP) is 11.4. The minimum absolute atomic E-state index is 0.0514. The molecular weight excluding hydrogens is 708 g/mol. The van der Waals surface area contributed by atoms with Crippen molar-refractivity contribution in [3.63, 3.8) is 0 Å². The predicted molar refractivity (Wildman–Crippen MR) is 224 cm³/mol. The second-order valence-corrected chi connectivity index (χ2v) is 17.9. The molecule has 2 heterocycles. The molecule has 5 nitrogen and oxygen atoms in total. The number of fused-ring (bicyclic) bond motifs is 6. The fourth-order valence-electron chi connectivity index (χ4n) is 9.46. The number of nitrogens with zero attached hydrogens (tertiary/aromatic N) is 2. The van der Waals surface area contributed by atoms with Crippen molar-refractivity contribution < 1.29 is 17.5 Å². The molecule has 5 aromatic carbocycles. The number of benzene rings is 5. The smallest absolute Gasteiger partial charge is 0.294 e. The number of likely N-dealkylation sites (N-methyl/N-ethyl adjacent to an activating group) is 1. The summed E-state index contributed by atoms with van der Waals surface area (Å²) in [6, 6.07) is 31.0. The topological polar surface area (TPSA) is 60.6 Å². The lowest BCUT2D eigenvalue weighted by Gasteiger charge is -2.28. The van der Waals surface area contributed by atoms with Crippen LogP contribution in [0.1, 0.15) is 68.7 Å². The Hall–Kier alpha value is -4.75. The van der Waals surface area contributed by atoms with Crippen molar-refractivity contribution in [3.05, 3.63) is 159 Å². The molecular formula is C47H46ClN2O3S+. The molecule has 7 heteroatoms. The van der Waals surface area contributed by atoms with Gasteiger partial charge in [0.05, 0.1) is 10.3 Å².